The first-order chi connectivity index (χ1) is 13.3. The predicted molar refractivity (Wildman–Crippen MR) is 89.4 cm³/mol. The van der Waals surface area contributed by atoms with Crippen molar-refractivity contribution in [2.24, 2.45) is 4.99 Å². The number of aromatic nitrogens is 2. The van der Waals surface area contributed by atoms with Gasteiger partial charge in [0.05, 0.1) is 0 Å². The van der Waals surface area contributed by atoms with Gasteiger partial charge in [-0.25, -0.2) is 8.78 Å². The van der Waals surface area contributed by atoms with E-state index in [4.69, 9.17) is 4.52 Å². The van der Waals surface area contributed by atoms with Crippen LogP contribution in [0, 0.1) is 11.6 Å². The second-order valence-electron chi connectivity index (χ2n) is 5.64. The van der Waals surface area contributed by atoms with Crippen molar-refractivity contribution in [2.75, 3.05) is 13.7 Å². The van der Waals surface area contributed by atoms with E-state index in [-0.39, 0.29) is 17.3 Å². The average Bonchev–Trinajstić information content (AvgIpc) is 2.99. The van der Waals surface area contributed by atoms with Gasteiger partial charge < -0.3 is 14.6 Å². The van der Waals surface area contributed by atoms with E-state index in [0.717, 1.165) is 12.1 Å². The Morgan fingerprint density at radius 2 is 1.96 bits per heavy atom. The van der Waals surface area contributed by atoms with Crippen LogP contribution in [0.2, 0.25) is 0 Å². The van der Waals surface area contributed by atoms with Crippen molar-refractivity contribution in [3.05, 3.63) is 47.9 Å². The number of aliphatic imine (C=N–C) groups is 1. The topological polar surface area (TPSA) is 72.5 Å². The molecule has 6 nitrogen and oxygen atoms in total. The van der Waals surface area contributed by atoms with Gasteiger partial charge in [0.25, 0.3) is 5.89 Å². The van der Waals surface area contributed by atoms with Gasteiger partial charge in [-0.1, -0.05) is 11.2 Å². The number of halogens is 5. The van der Waals surface area contributed by atoms with Gasteiger partial charge in [0.15, 0.2) is 29.8 Å². The molecule has 3 rings (SSSR count). The molecule has 1 aromatic carbocycles. The van der Waals surface area contributed by atoms with E-state index < -0.39 is 30.2 Å². The standard InChI is InChI=1S/C17H13F5N4O2/c1-23-13-7-9(3-2-4-24-13)15-25-16(28-26-15)10-5-11(18)14(12(19)6-10)27-8-17(20,21)22/h2-6H,7-8H2,1H3,(H,23,24). The summed E-state index contributed by atoms with van der Waals surface area (Å²) in [6.45, 7) is -1.82. The van der Waals surface area contributed by atoms with Gasteiger partial charge in [0.2, 0.25) is 0 Å². The Morgan fingerprint density at radius 1 is 1.25 bits per heavy atom. The summed E-state index contributed by atoms with van der Waals surface area (Å²) in [7, 11) is 1.61. The lowest BCUT2D eigenvalue weighted by molar-refractivity contribution is -0.154. The van der Waals surface area contributed by atoms with Crippen LogP contribution in [0.5, 0.6) is 5.75 Å². The van der Waals surface area contributed by atoms with Gasteiger partial charge in [0, 0.05) is 30.8 Å². The number of hydrogen-bond donors (Lipinski definition) is 1. The van der Waals surface area contributed by atoms with Crippen LogP contribution in [-0.2, 0) is 0 Å². The Morgan fingerprint density at radius 3 is 2.61 bits per heavy atom. The fourth-order valence-electron chi connectivity index (χ4n) is 2.34. The van der Waals surface area contributed by atoms with Crippen LogP contribution >= 0.6 is 0 Å². The molecule has 0 saturated heterocycles. The van der Waals surface area contributed by atoms with Crippen molar-refractivity contribution in [3.63, 3.8) is 0 Å². The number of nitrogens with one attached hydrogen (secondary N) is 1. The van der Waals surface area contributed by atoms with Gasteiger partial charge in [0.1, 0.15) is 5.84 Å². The van der Waals surface area contributed by atoms with Crippen molar-refractivity contribution in [1.82, 2.24) is 15.5 Å². The lowest BCUT2D eigenvalue weighted by Crippen LogP contribution is -2.20. The molecular formula is C17H13F5N4O2. The molecule has 148 valence electrons. The zero-order valence-corrected chi connectivity index (χ0v) is 14.3. The average molecular weight is 400 g/mol. The number of alkyl halides is 3. The first-order valence-corrected chi connectivity index (χ1v) is 7.88. The van der Waals surface area contributed by atoms with Crippen molar-refractivity contribution in [3.8, 4) is 17.2 Å². The van der Waals surface area contributed by atoms with Crippen LogP contribution in [0.3, 0.4) is 0 Å². The fraction of sp³-hybridized carbons (Fsp3) is 0.235. The third kappa shape index (κ3) is 4.53. The van der Waals surface area contributed by atoms with Gasteiger partial charge in [-0.2, -0.15) is 18.2 Å². The van der Waals surface area contributed by atoms with Crippen LogP contribution in [-0.4, -0.2) is 35.8 Å². The van der Waals surface area contributed by atoms with E-state index in [1.54, 1.807) is 25.4 Å². The van der Waals surface area contributed by atoms with Crippen molar-refractivity contribution in [1.29, 1.82) is 0 Å². The van der Waals surface area contributed by atoms with Crippen LogP contribution in [0.4, 0.5) is 22.0 Å². The molecule has 0 saturated carbocycles. The Bertz CT molecular complexity index is 940. The third-order valence-electron chi connectivity index (χ3n) is 3.61. The molecule has 1 aliphatic heterocycles. The molecule has 2 aromatic rings. The first kappa shape index (κ1) is 19.5. The predicted octanol–water partition coefficient (Wildman–Crippen LogP) is 3.87. The monoisotopic (exact) mass is 400 g/mol. The molecule has 1 aromatic heterocycles. The van der Waals surface area contributed by atoms with E-state index in [9.17, 15) is 22.0 Å². The quantitative estimate of drug-likeness (QED) is 0.789. The Labute approximate surface area is 155 Å². The molecule has 0 amide bonds. The van der Waals surface area contributed by atoms with E-state index in [1.807, 2.05) is 0 Å². The Balaban J connectivity index is 1.85. The second-order valence-corrected chi connectivity index (χ2v) is 5.64. The Kier molecular flexibility index (Phi) is 5.43. The highest BCUT2D eigenvalue weighted by molar-refractivity contribution is 5.93. The highest BCUT2D eigenvalue weighted by atomic mass is 19.4. The summed E-state index contributed by atoms with van der Waals surface area (Å²) < 4.78 is 73.8. The van der Waals surface area contributed by atoms with Gasteiger partial charge >= 0.3 is 6.18 Å². The first-order valence-electron chi connectivity index (χ1n) is 7.88. The van der Waals surface area contributed by atoms with Crippen LogP contribution in [0.1, 0.15) is 12.2 Å². The summed E-state index contributed by atoms with van der Waals surface area (Å²) >= 11 is 0. The molecule has 0 aliphatic carbocycles. The normalized spacial score (nSPS) is 15.9. The number of allylic oxidation sites excluding steroid dienone is 2. The molecule has 2 heterocycles. The molecule has 0 unspecified atom stereocenters. The fourth-order valence-corrected chi connectivity index (χ4v) is 2.34. The minimum atomic E-state index is -4.73. The summed E-state index contributed by atoms with van der Waals surface area (Å²) in [5, 5.41) is 6.73. The highest BCUT2D eigenvalue weighted by Crippen LogP contribution is 2.30. The van der Waals surface area contributed by atoms with E-state index in [2.05, 4.69) is 25.2 Å². The molecule has 28 heavy (non-hydrogen) atoms. The molecule has 1 N–H and O–H groups in total. The maximum absolute atomic E-state index is 14.0. The molecule has 0 bridgehead atoms. The van der Waals surface area contributed by atoms with Gasteiger partial charge in [-0.15, -0.1) is 0 Å². The van der Waals surface area contributed by atoms with Crippen LogP contribution in [0.15, 0.2) is 40.0 Å². The summed E-state index contributed by atoms with van der Waals surface area (Å²) in [5.74, 6) is -3.14. The number of amidine groups is 1. The third-order valence-corrected chi connectivity index (χ3v) is 3.61. The molecule has 11 heteroatoms. The van der Waals surface area contributed by atoms with Crippen molar-refractivity contribution < 1.29 is 31.2 Å². The van der Waals surface area contributed by atoms with Crippen LogP contribution < -0.4 is 10.1 Å². The molecular weight excluding hydrogens is 387 g/mol. The number of rotatable bonds is 4. The molecule has 0 radical (unpaired) electrons. The number of hydrogen-bond acceptors (Lipinski definition) is 5. The Hall–Kier alpha value is -3.24. The van der Waals surface area contributed by atoms with Crippen molar-refractivity contribution >= 4 is 11.4 Å². The summed E-state index contributed by atoms with van der Waals surface area (Å²) in [6, 6.07) is 1.52. The number of nitrogens with zero attached hydrogens (tertiary/aromatic N) is 3. The summed E-state index contributed by atoms with van der Waals surface area (Å²) in [5.41, 5.74) is 0.503. The minimum absolute atomic E-state index is 0.139. The molecule has 0 fully saturated rings. The zero-order chi connectivity index (χ0) is 20.3. The lowest BCUT2D eigenvalue weighted by atomic mass is 10.1. The zero-order valence-electron chi connectivity index (χ0n) is 14.3. The molecule has 0 spiro atoms. The highest BCUT2D eigenvalue weighted by Gasteiger charge is 2.30. The SMILES string of the molecule is CN=C1CC(c2noc(-c3cc(F)c(OCC(F)(F)F)c(F)c3)n2)=CC=CN1. The molecule has 1 aliphatic rings. The summed E-state index contributed by atoms with van der Waals surface area (Å²) in [6.07, 6.45) is 0.732. The van der Waals surface area contributed by atoms with Crippen molar-refractivity contribution in [2.45, 2.75) is 12.6 Å². The summed E-state index contributed by atoms with van der Waals surface area (Å²) in [4.78, 5) is 8.14. The lowest BCUT2D eigenvalue weighted by Gasteiger charge is -2.11. The van der Waals surface area contributed by atoms with E-state index in [1.165, 1.54) is 0 Å². The number of benzene rings is 1. The largest absolute Gasteiger partial charge is 0.478 e. The second kappa shape index (κ2) is 7.79. The van der Waals surface area contributed by atoms with E-state index >= 15 is 0 Å². The van der Waals surface area contributed by atoms with Crippen LogP contribution in [0.25, 0.3) is 17.0 Å². The maximum atomic E-state index is 14.0. The minimum Gasteiger partial charge on any atom is -0.478 e. The smallest absolute Gasteiger partial charge is 0.422 e. The van der Waals surface area contributed by atoms with Gasteiger partial charge in [-0.3, -0.25) is 4.99 Å². The maximum Gasteiger partial charge on any atom is 0.422 e. The molecule has 0 atom stereocenters. The number of ether oxygens (including phenoxy) is 1. The van der Waals surface area contributed by atoms with E-state index in [0.29, 0.717) is 17.8 Å². The van der Waals surface area contributed by atoms with Gasteiger partial charge in [-0.05, 0) is 18.2 Å².